The molecule has 60 valence electrons. The molecule has 0 saturated carbocycles. The van der Waals surface area contributed by atoms with Crippen molar-refractivity contribution in [1.82, 2.24) is 5.32 Å². The van der Waals surface area contributed by atoms with E-state index in [-0.39, 0.29) is 0 Å². The first-order valence-electron chi connectivity index (χ1n) is 3.40. The lowest BCUT2D eigenvalue weighted by Gasteiger charge is -2.36. The lowest BCUT2D eigenvalue weighted by atomic mass is 9.96. The van der Waals surface area contributed by atoms with E-state index in [0.29, 0.717) is 13.1 Å². The number of aliphatic hydroxyl groups is 1. The third kappa shape index (κ3) is 1.24. The fourth-order valence-electron chi connectivity index (χ4n) is 1.10. The zero-order chi connectivity index (χ0) is 7.90. The van der Waals surface area contributed by atoms with Crippen molar-refractivity contribution in [1.29, 1.82) is 0 Å². The van der Waals surface area contributed by atoms with Gasteiger partial charge in [0.2, 0.25) is 0 Å². The van der Waals surface area contributed by atoms with E-state index in [4.69, 9.17) is 0 Å². The molecule has 1 aliphatic heterocycles. The van der Waals surface area contributed by atoms with Gasteiger partial charge in [-0.25, -0.2) is 0 Å². The first-order chi connectivity index (χ1) is 5.21. The Bertz CT molecular complexity index is 269. The number of thiophene rings is 1. The molecule has 2 rings (SSSR count). The van der Waals surface area contributed by atoms with Gasteiger partial charge in [-0.15, -0.1) is 11.3 Å². The lowest BCUT2D eigenvalue weighted by Crippen LogP contribution is -2.56. The van der Waals surface area contributed by atoms with Gasteiger partial charge in [0.15, 0.2) is 0 Å². The Labute approximate surface area is 77.4 Å². The first-order valence-corrected chi connectivity index (χ1v) is 5.01. The standard InChI is InChI=1S/C7H8BrNOS/c8-6-2-1-5(11-6)7(10)3-9-4-7/h1-2,9-10H,3-4H2. The molecule has 0 amide bonds. The van der Waals surface area contributed by atoms with Crippen molar-refractivity contribution in [2.75, 3.05) is 13.1 Å². The molecular formula is C7H8BrNOS. The van der Waals surface area contributed by atoms with E-state index in [0.717, 1.165) is 8.66 Å². The fraction of sp³-hybridized carbons (Fsp3) is 0.429. The van der Waals surface area contributed by atoms with Gasteiger partial charge in [0.05, 0.1) is 3.79 Å². The third-order valence-electron chi connectivity index (χ3n) is 1.87. The Morgan fingerprint density at radius 3 is 2.64 bits per heavy atom. The molecule has 2 heterocycles. The lowest BCUT2D eigenvalue weighted by molar-refractivity contribution is -0.0112. The van der Waals surface area contributed by atoms with Gasteiger partial charge in [-0.05, 0) is 28.1 Å². The Kier molecular flexibility index (Phi) is 1.79. The highest BCUT2D eigenvalue weighted by molar-refractivity contribution is 9.11. The summed E-state index contributed by atoms with van der Waals surface area (Å²) in [7, 11) is 0. The van der Waals surface area contributed by atoms with Crippen LogP contribution in [-0.2, 0) is 5.60 Å². The normalized spacial score (nSPS) is 21.3. The van der Waals surface area contributed by atoms with E-state index in [9.17, 15) is 5.11 Å². The molecule has 0 aromatic carbocycles. The summed E-state index contributed by atoms with van der Waals surface area (Å²) >= 11 is 4.96. The van der Waals surface area contributed by atoms with Crippen molar-refractivity contribution in [3.8, 4) is 0 Å². The van der Waals surface area contributed by atoms with Gasteiger partial charge in [-0.2, -0.15) is 0 Å². The Morgan fingerprint density at radius 2 is 2.27 bits per heavy atom. The quantitative estimate of drug-likeness (QED) is 0.767. The Hall–Kier alpha value is 0.1000. The van der Waals surface area contributed by atoms with Gasteiger partial charge in [-0.3, -0.25) is 0 Å². The smallest absolute Gasteiger partial charge is 0.123 e. The molecule has 11 heavy (non-hydrogen) atoms. The van der Waals surface area contributed by atoms with Crippen molar-refractivity contribution in [2.24, 2.45) is 0 Å². The van der Waals surface area contributed by atoms with Crippen LogP contribution in [0.2, 0.25) is 0 Å². The largest absolute Gasteiger partial charge is 0.382 e. The topological polar surface area (TPSA) is 32.3 Å². The average Bonchev–Trinajstić information content (AvgIpc) is 2.31. The van der Waals surface area contributed by atoms with Crippen molar-refractivity contribution in [2.45, 2.75) is 5.60 Å². The molecule has 2 N–H and O–H groups in total. The molecule has 4 heteroatoms. The van der Waals surface area contributed by atoms with Crippen LogP contribution < -0.4 is 5.32 Å². The molecule has 0 bridgehead atoms. The molecule has 2 nitrogen and oxygen atoms in total. The molecule has 1 aliphatic rings. The maximum atomic E-state index is 9.82. The van der Waals surface area contributed by atoms with Gasteiger partial charge in [0.25, 0.3) is 0 Å². The maximum Gasteiger partial charge on any atom is 0.123 e. The summed E-state index contributed by atoms with van der Waals surface area (Å²) in [5, 5.41) is 12.9. The highest BCUT2D eigenvalue weighted by Gasteiger charge is 2.37. The average molecular weight is 234 g/mol. The second-order valence-corrected chi connectivity index (χ2v) is 5.20. The van der Waals surface area contributed by atoms with Crippen molar-refractivity contribution in [3.05, 3.63) is 20.8 Å². The SMILES string of the molecule is OC1(c2ccc(Br)s2)CNC1. The first kappa shape index (κ1) is 7.73. The minimum absolute atomic E-state index is 0.587. The summed E-state index contributed by atoms with van der Waals surface area (Å²) in [4.78, 5) is 1.04. The number of nitrogens with one attached hydrogen (secondary N) is 1. The summed E-state index contributed by atoms with van der Waals surface area (Å²) in [5.74, 6) is 0. The number of halogens is 1. The van der Waals surface area contributed by atoms with Crippen LogP contribution in [0.4, 0.5) is 0 Å². The molecule has 0 aliphatic carbocycles. The van der Waals surface area contributed by atoms with Gasteiger partial charge in [0.1, 0.15) is 5.60 Å². The van der Waals surface area contributed by atoms with Crippen LogP contribution in [0.15, 0.2) is 15.9 Å². The minimum Gasteiger partial charge on any atom is -0.382 e. The number of hydrogen-bond donors (Lipinski definition) is 2. The summed E-state index contributed by atoms with van der Waals surface area (Å²) in [6.45, 7) is 1.36. The Balaban J connectivity index is 2.28. The zero-order valence-electron chi connectivity index (χ0n) is 5.80. The monoisotopic (exact) mass is 233 g/mol. The van der Waals surface area contributed by atoms with E-state index < -0.39 is 5.60 Å². The molecular weight excluding hydrogens is 226 g/mol. The predicted molar refractivity (Wildman–Crippen MR) is 48.8 cm³/mol. The highest BCUT2D eigenvalue weighted by atomic mass is 79.9. The molecule has 1 saturated heterocycles. The molecule has 0 spiro atoms. The van der Waals surface area contributed by atoms with Crippen LogP contribution in [0.25, 0.3) is 0 Å². The van der Waals surface area contributed by atoms with E-state index in [1.54, 1.807) is 11.3 Å². The van der Waals surface area contributed by atoms with Crippen LogP contribution in [0.1, 0.15) is 4.88 Å². The second kappa shape index (κ2) is 2.55. The van der Waals surface area contributed by atoms with E-state index >= 15 is 0 Å². The van der Waals surface area contributed by atoms with Gasteiger partial charge >= 0.3 is 0 Å². The fourth-order valence-corrected chi connectivity index (χ4v) is 2.57. The third-order valence-corrected chi connectivity index (χ3v) is 3.68. The van der Waals surface area contributed by atoms with Gasteiger partial charge in [-0.1, -0.05) is 0 Å². The van der Waals surface area contributed by atoms with Crippen molar-refractivity contribution < 1.29 is 5.11 Å². The predicted octanol–water partition coefficient (Wildman–Crippen LogP) is 1.30. The van der Waals surface area contributed by atoms with Crippen LogP contribution in [0, 0.1) is 0 Å². The minimum atomic E-state index is -0.587. The van der Waals surface area contributed by atoms with Crippen LogP contribution in [0.5, 0.6) is 0 Å². The zero-order valence-corrected chi connectivity index (χ0v) is 8.20. The van der Waals surface area contributed by atoms with E-state index in [1.807, 2.05) is 12.1 Å². The molecule has 1 aromatic rings. The maximum absolute atomic E-state index is 9.82. The van der Waals surface area contributed by atoms with E-state index in [2.05, 4.69) is 21.2 Å². The summed E-state index contributed by atoms with van der Waals surface area (Å²) < 4.78 is 1.08. The van der Waals surface area contributed by atoms with Crippen molar-refractivity contribution in [3.63, 3.8) is 0 Å². The summed E-state index contributed by atoms with van der Waals surface area (Å²) in [5.41, 5.74) is -0.587. The summed E-state index contributed by atoms with van der Waals surface area (Å²) in [6.07, 6.45) is 0. The van der Waals surface area contributed by atoms with E-state index in [1.165, 1.54) is 0 Å². The molecule has 0 radical (unpaired) electrons. The number of hydrogen-bond acceptors (Lipinski definition) is 3. The summed E-state index contributed by atoms with van der Waals surface area (Å²) in [6, 6.07) is 3.94. The van der Waals surface area contributed by atoms with Crippen molar-refractivity contribution >= 4 is 27.3 Å². The molecule has 1 aromatic heterocycles. The van der Waals surface area contributed by atoms with Gasteiger partial charge < -0.3 is 10.4 Å². The van der Waals surface area contributed by atoms with Crippen LogP contribution in [-0.4, -0.2) is 18.2 Å². The van der Waals surface area contributed by atoms with Gasteiger partial charge in [0, 0.05) is 18.0 Å². The molecule has 0 unspecified atom stereocenters. The molecule has 1 fully saturated rings. The second-order valence-electron chi connectivity index (χ2n) is 2.74. The molecule has 0 atom stereocenters. The van der Waals surface area contributed by atoms with Crippen LogP contribution in [0.3, 0.4) is 0 Å². The number of β-amino-alcohol motifs (C(OH)–C–C–N with tert-alkyl or cyclic N) is 1. The van der Waals surface area contributed by atoms with Crippen LogP contribution >= 0.6 is 27.3 Å². The highest BCUT2D eigenvalue weighted by Crippen LogP contribution is 2.33. The number of rotatable bonds is 1. The Morgan fingerprint density at radius 1 is 1.55 bits per heavy atom.